The lowest BCUT2D eigenvalue weighted by molar-refractivity contribution is -0.144. The first-order chi connectivity index (χ1) is 5.55. The van der Waals surface area contributed by atoms with Crippen LogP contribution in [0, 0.1) is 0 Å². The van der Waals surface area contributed by atoms with Gasteiger partial charge in [0.05, 0.1) is 6.61 Å². The number of urea groups is 1. The topological polar surface area (TPSA) is 113 Å². The Bertz CT molecular complexity index is 198. The number of carbonyl (C=O) groups is 1. The molecule has 0 radical (unpaired) electrons. The van der Waals surface area contributed by atoms with Crippen molar-refractivity contribution in [3.63, 3.8) is 0 Å². The van der Waals surface area contributed by atoms with Crippen molar-refractivity contribution in [2.24, 2.45) is 0 Å². The van der Waals surface area contributed by atoms with E-state index in [-0.39, 0.29) is 0 Å². The van der Waals surface area contributed by atoms with E-state index in [1.807, 2.05) is 5.32 Å². The summed E-state index contributed by atoms with van der Waals surface area (Å²) in [6.45, 7) is -1.55. The van der Waals surface area contributed by atoms with Gasteiger partial charge in [0.2, 0.25) is 5.72 Å². The lowest BCUT2D eigenvalue weighted by Gasteiger charge is -2.24. The van der Waals surface area contributed by atoms with Crippen LogP contribution in [0.3, 0.4) is 0 Å². The van der Waals surface area contributed by atoms with Gasteiger partial charge in [0.25, 0.3) is 0 Å². The minimum absolute atomic E-state index is 0.580. The number of nitrogens with zero attached hydrogens (tertiary/aromatic N) is 1. The second kappa shape index (κ2) is 2.87. The van der Waals surface area contributed by atoms with Gasteiger partial charge in [-0.05, 0) is 0 Å². The van der Waals surface area contributed by atoms with Crippen molar-refractivity contribution < 1.29 is 25.2 Å². The molecule has 1 rings (SSSR count). The van der Waals surface area contributed by atoms with Crippen LogP contribution < -0.4 is 5.32 Å². The molecule has 0 saturated carbocycles. The van der Waals surface area contributed by atoms with Gasteiger partial charge in [-0.3, -0.25) is 4.90 Å². The van der Waals surface area contributed by atoms with Crippen LogP contribution in [0.4, 0.5) is 4.79 Å². The Hall–Kier alpha value is -0.890. The lowest BCUT2D eigenvalue weighted by atomic mass is 10.2. The highest BCUT2D eigenvalue weighted by atomic mass is 16.4. The number of hydrogen-bond acceptors (Lipinski definition) is 5. The maximum absolute atomic E-state index is 10.8. The average molecular weight is 178 g/mol. The predicted molar refractivity (Wildman–Crippen MR) is 35.5 cm³/mol. The third kappa shape index (κ3) is 1.12. The summed E-state index contributed by atoms with van der Waals surface area (Å²) in [5.41, 5.74) is -2.08. The largest absolute Gasteiger partial charge is 0.391 e. The fourth-order valence-electron chi connectivity index (χ4n) is 0.953. The summed E-state index contributed by atoms with van der Waals surface area (Å²) >= 11 is 0. The number of aliphatic hydroxyl groups excluding tert-OH is 3. The molecule has 0 aromatic carbocycles. The predicted octanol–water partition coefficient (Wildman–Crippen LogP) is -3.04. The lowest BCUT2D eigenvalue weighted by Crippen LogP contribution is -2.53. The first-order valence-corrected chi connectivity index (χ1v) is 3.26. The van der Waals surface area contributed by atoms with Gasteiger partial charge in [-0.1, -0.05) is 0 Å². The van der Waals surface area contributed by atoms with Crippen LogP contribution in [0.25, 0.3) is 0 Å². The van der Waals surface area contributed by atoms with Crippen LogP contribution >= 0.6 is 0 Å². The Balaban J connectivity index is 2.81. The summed E-state index contributed by atoms with van der Waals surface area (Å²) < 4.78 is 0. The highest BCUT2D eigenvalue weighted by molar-refractivity contribution is 5.77. The maximum atomic E-state index is 10.8. The molecule has 70 valence electrons. The van der Waals surface area contributed by atoms with Crippen LogP contribution in [-0.2, 0) is 0 Å². The highest BCUT2D eigenvalue weighted by Crippen LogP contribution is 2.18. The minimum atomic E-state index is -2.08. The number of rotatable bonds is 2. The molecule has 2 atom stereocenters. The van der Waals surface area contributed by atoms with Gasteiger partial charge in [0.15, 0.2) is 6.23 Å². The minimum Gasteiger partial charge on any atom is -0.391 e. The summed E-state index contributed by atoms with van der Waals surface area (Å²) in [6, 6.07) is -0.832. The van der Waals surface area contributed by atoms with Crippen molar-refractivity contribution in [3.05, 3.63) is 0 Å². The van der Waals surface area contributed by atoms with Gasteiger partial charge in [0, 0.05) is 0 Å². The van der Waals surface area contributed by atoms with E-state index in [1.54, 1.807) is 0 Å². The van der Waals surface area contributed by atoms with E-state index in [9.17, 15) is 9.90 Å². The quantitative estimate of drug-likeness (QED) is 0.308. The van der Waals surface area contributed by atoms with E-state index in [0.29, 0.717) is 4.90 Å². The molecule has 1 heterocycles. The second-order valence-electron chi connectivity index (χ2n) is 2.50. The number of nitrogens with one attached hydrogen (secondary N) is 1. The third-order valence-corrected chi connectivity index (χ3v) is 1.70. The molecular formula is C5H10N2O5. The molecule has 1 saturated heterocycles. The Morgan fingerprint density at radius 1 is 1.58 bits per heavy atom. The number of hydrogen-bond donors (Lipinski definition) is 5. The fourth-order valence-corrected chi connectivity index (χ4v) is 0.953. The van der Waals surface area contributed by atoms with Gasteiger partial charge in [-0.15, -0.1) is 0 Å². The molecule has 0 aromatic heterocycles. The van der Waals surface area contributed by atoms with Crippen molar-refractivity contribution in [3.8, 4) is 0 Å². The van der Waals surface area contributed by atoms with E-state index < -0.39 is 31.3 Å². The molecule has 1 aliphatic heterocycles. The van der Waals surface area contributed by atoms with Gasteiger partial charge in [-0.2, -0.15) is 0 Å². The van der Waals surface area contributed by atoms with Crippen molar-refractivity contribution in [1.29, 1.82) is 0 Å². The fraction of sp³-hybridized carbons (Fsp3) is 0.800. The van der Waals surface area contributed by atoms with Crippen LogP contribution in [0.2, 0.25) is 0 Å². The molecule has 2 amide bonds. The van der Waals surface area contributed by atoms with Gasteiger partial charge >= 0.3 is 6.03 Å². The Kier molecular flexibility index (Phi) is 2.20. The monoisotopic (exact) mass is 178 g/mol. The first kappa shape index (κ1) is 9.20. The van der Waals surface area contributed by atoms with Crippen LogP contribution in [0.15, 0.2) is 0 Å². The smallest absolute Gasteiger partial charge is 0.323 e. The molecule has 0 aliphatic carbocycles. The molecule has 1 fully saturated rings. The zero-order valence-corrected chi connectivity index (χ0v) is 6.14. The van der Waals surface area contributed by atoms with Crippen LogP contribution in [-0.4, -0.2) is 56.6 Å². The molecule has 0 aromatic rings. The summed E-state index contributed by atoms with van der Waals surface area (Å²) in [7, 11) is 0. The summed E-state index contributed by atoms with van der Waals surface area (Å²) in [6.07, 6.45) is -1.64. The molecular weight excluding hydrogens is 168 g/mol. The average Bonchev–Trinajstić information content (AvgIpc) is 2.25. The zero-order valence-electron chi connectivity index (χ0n) is 6.14. The normalized spacial score (nSPS) is 35.5. The van der Waals surface area contributed by atoms with E-state index >= 15 is 0 Å². The Morgan fingerprint density at radius 2 is 2.17 bits per heavy atom. The molecule has 0 spiro atoms. The summed E-state index contributed by atoms with van der Waals surface area (Å²) in [5.74, 6) is 0. The number of carbonyl (C=O) groups excluding carboxylic acids is 1. The molecule has 1 aliphatic rings. The standard InChI is InChI=1S/C5H10N2O5/c8-1-5(12)3(10)7(2-9)4(11)6-5/h3,8-10,12H,1-2H2,(H,6,11). The highest BCUT2D eigenvalue weighted by Gasteiger charge is 2.49. The number of amides is 2. The Labute approximate surface area is 67.8 Å². The summed E-state index contributed by atoms with van der Waals surface area (Å²) in [4.78, 5) is 11.4. The van der Waals surface area contributed by atoms with Crippen molar-refractivity contribution >= 4 is 6.03 Å². The van der Waals surface area contributed by atoms with E-state index in [1.165, 1.54) is 0 Å². The molecule has 12 heavy (non-hydrogen) atoms. The van der Waals surface area contributed by atoms with Crippen molar-refractivity contribution in [2.45, 2.75) is 12.0 Å². The van der Waals surface area contributed by atoms with E-state index in [2.05, 4.69) is 0 Å². The van der Waals surface area contributed by atoms with Crippen LogP contribution in [0.5, 0.6) is 0 Å². The van der Waals surface area contributed by atoms with E-state index in [0.717, 1.165) is 0 Å². The first-order valence-electron chi connectivity index (χ1n) is 3.26. The number of aliphatic hydroxyl groups is 4. The third-order valence-electron chi connectivity index (χ3n) is 1.70. The van der Waals surface area contributed by atoms with E-state index in [4.69, 9.17) is 15.3 Å². The molecule has 0 bridgehead atoms. The molecule has 2 unspecified atom stereocenters. The SMILES string of the molecule is O=C1NC(O)(CO)C(O)N1CO. The molecule has 7 heteroatoms. The Morgan fingerprint density at radius 3 is 2.42 bits per heavy atom. The van der Waals surface area contributed by atoms with Crippen molar-refractivity contribution in [2.75, 3.05) is 13.3 Å². The zero-order chi connectivity index (χ0) is 9.35. The maximum Gasteiger partial charge on any atom is 0.323 e. The van der Waals surface area contributed by atoms with Crippen molar-refractivity contribution in [1.82, 2.24) is 10.2 Å². The molecule has 5 N–H and O–H groups in total. The molecule has 7 nitrogen and oxygen atoms in total. The van der Waals surface area contributed by atoms with Gasteiger partial charge < -0.3 is 25.7 Å². The van der Waals surface area contributed by atoms with Gasteiger partial charge in [0.1, 0.15) is 6.73 Å². The second-order valence-corrected chi connectivity index (χ2v) is 2.50. The van der Waals surface area contributed by atoms with Crippen LogP contribution in [0.1, 0.15) is 0 Å². The summed E-state index contributed by atoms with van der Waals surface area (Å²) in [5, 5.41) is 37.5. The van der Waals surface area contributed by atoms with Gasteiger partial charge in [-0.25, -0.2) is 4.79 Å².